The average molecular weight is 343 g/mol. The van der Waals surface area contributed by atoms with Crippen LogP contribution in [0.15, 0.2) is 52.2 Å². The van der Waals surface area contributed by atoms with E-state index in [1.807, 2.05) is 0 Å². The highest BCUT2D eigenvalue weighted by Crippen LogP contribution is 2.41. The monoisotopic (exact) mass is 343 g/mol. The van der Waals surface area contributed by atoms with Crippen LogP contribution >= 0.6 is 11.3 Å². The zero-order valence-corrected chi connectivity index (χ0v) is 12.7. The molecule has 0 aliphatic carbocycles. The number of Topliss-reactive ketones (excluding diaryl/α,β-unsaturated/α-hetero) is 1. The van der Waals surface area contributed by atoms with Gasteiger partial charge in [-0.25, -0.2) is 4.98 Å². The first-order valence-electron chi connectivity index (χ1n) is 6.78. The van der Waals surface area contributed by atoms with Crippen LogP contribution < -0.4 is 4.90 Å². The second kappa shape index (κ2) is 5.42. The van der Waals surface area contributed by atoms with E-state index in [1.54, 1.807) is 6.07 Å². The van der Waals surface area contributed by atoms with Gasteiger partial charge >= 0.3 is 0 Å². The van der Waals surface area contributed by atoms with Crippen molar-refractivity contribution >= 4 is 28.2 Å². The van der Waals surface area contributed by atoms with Gasteiger partial charge < -0.3 is 14.5 Å². The van der Waals surface area contributed by atoms with Gasteiger partial charge in [-0.3, -0.25) is 14.5 Å². The number of aliphatic hydroxyl groups excluding tert-OH is 1. The fourth-order valence-corrected chi connectivity index (χ4v) is 3.14. The number of nitrogens with zero attached hydrogens (tertiary/aromatic N) is 4. The van der Waals surface area contributed by atoms with Crippen molar-refractivity contribution in [3.05, 3.63) is 59.2 Å². The van der Waals surface area contributed by atoms with Gasteiger partial charge in [0.1, 0.15) is 11.6 Å². The van der Waals surface area contributed by atoms with Crippen molar-refractivity contribution in [2.75, 3.05) is 4.90 Å². The van der Waals surface area contributed by atoms with Crippen molar-refractivity contribution in [1.82, 2.24) is 20.2 Å². The lowest BCUT2D eigenvalue weighted by Crippen LogP contribution is -2.31. The van der Waals surface area contributed by atoms with Crippen LogP contribution in [0.5, 0.6) is 0 Å². The Labute approximate surface area is 138 Å². The number of H-pyrrole nitrogens is 1. The molecule has 3 aromatic heterocycles. The molecule has 1 aliphatic heterocycles. The van der Waals surface area contributed by atoms with Gasteiger partial charge in [0, 0.05) is 0 Å². The minimum Gasteiger partial charge on any atom is -0.503 e. The SMILES string of the molecule is O=C(C1=C(O)C(=O)N(c2nncs2)C1c1cnc[nH]1)c1ccco1. The third-order valence-corrected chi connectivity index (χ3v) is 4.26. The Kier molecular flexibility index (Phi) is 3.24. The third-order valence-electron chi connectivity index (χ3n) is 3.57. The number of furan rings is 1. The number of amides is 1. The van der Waals surface area contributed by atoms with E-state index >= 15 is 0 Å². The maximum atomic E-state index is 12.7. The number of aromatic nitrogens is 4. The zero-order valence-electron chi connectivity index (χ0n) is 11.9. The molecule has 10 heteroatoms. The summed E-state index contributed by atoms with van der Waals surface area (Å²) in [5, 5.41) is 18.1. The summed E-state index contributed by atoms with van der Waals surface area (Å²) in [6.45, 7) is 0. The molecule has 0 aromatic carbocycles. The first-order valence-corrected chi connectivity index (χ1v) is 7.65. The number of hydrogen-bond acceptors (Lipinski definition) is 8. The van der Waals surface area contributed by atoms with Crippen LogP contribution in [0.1, 0.15) is 22.3 Å². The van der Waals surface area contributed by atoms with Crippen LogP contribution in [0.4, 0.5) is 5.13 Å². The Morgan fingerprint density at radius 2 is 2.33 bits per heavy atom. The van der Waals surface area contributed by atoms with E-state index in [1.165, 1.54) is 35.3 Å². The molecule has 3 aromatic rings. The Bertz CT molecular complexity index is 915. The topological polar surface area (TPSA) is 125 Å². The molecule has 4 heterocycles. The van der Waals surface area contributed by atoms with Crippen molar-refractivity contribution in [3.63, 3.8) is 0 Å². The van der Waals surface area contributed by atoms with Gasteiger partial charge in [-0.05, 0) is 12.1 Å². The molecule has 1 atom stereocenters. The van der Waals surface area contributed by atoms with E-state index in [9.17, 15) is 14.7 Å². The molecule has 0 saturated heterocycles. The smallest absolute Gasteiger partial charge is 0.296 e. The van der Waals surface area contributed by atoms with Crippen LogP contribution in [-0.2, 0) is 4.79 Å². The lowest BCUT2D eigenvalue weighted by Gasteiger charge is -2.21. The lowest BCUT2D eigenvalue weighted by molar-refractivity contribution is -0.117. The highest BCUT2D eigenvalue weighted by molar-refractivity contribution is 7.13. The van der Waals surface area contributed by atoms with Gasteiger partial charge in [-0.15, -0.1) is 10.2 Å². The number of anilines is 1. The predicted molar refractivity (Wildman–Crippen MR) is 81.4 cm³/mol. The fourth-order valence-electron chi connectivity index (χ4n) is 2.56. The largest absolute Gasteiger partial charge is 0.503 e. The van der Waals surface area contributed by atoms with E-state index in [0.717, 1.165) is 11.3 Å². The van der Waals surface area contributed by atoms with Crippen molar-refractivity contribution in [3.8, 4) is 0 Å². The molecule has 0 fully saturated rings. The molecular formula is C14H9N5O4S. The highest BCUT2D eigenvalue weighted by atomic mass is 32.1. The number of nitrogens with one attached hydrogen (secondary N) is 1. The summed E-state index contributed by atoms with van der Waals surface area (Å²) in [5.74, 6) is -1.95. The van der Waals surface area contributed by atoms with Crippen molar-refractivity contribution < 1.29 is 19.1 Å². The van der Waals surface area contributed by atoms with Crippen molar-refractivity contribution in [2.24, 2.45) is 0 Å². The maximum absolute atomic E-state index is 12.7. The normalized spacial score (nSPS) is 17.8. The summed E-state index contributed by atoms with van der Waals surface area (Å²) < 4.78 is 5.11. The van der Waals surface area contributed by atoms with Crippen LogP contribution in [-0.4, -0.2) is 37.0 Å². The summed E-state index contributed by atoms with van der Waals surface area (Å²) in [7, 11) is 0. The average Bonchev–Trinajstić information content (AvgIpc) is 3.37. The van der Waals surface area contributed by atoms with Gasteiger partial charge in [-0.2, -0.15) is 0 Å². The van der Waals surface area contributed by atoms with Crippen molar-refractivity contribution in [1.29, 1.82) is 0 Å². The summed E-state index contributed by atoms with van der Waals surface area (Å²) in [6.07, 6.45) is 4.23. The van der Waals surface area contributed by atoms with E-state index in [4.69, 9.17) is 4.42 Å². The Morgan fingerprint density at radius 3 is 2.96 bits per heavy atom. The standard InChI is InChI=1S/C14H9N5O4S/c20-11(8-2-1-3-23-8)9-10(7-4-15-5-16-7)19(13(22)12(9)21)14-18-17-6-24-14/h1-6,10,21H,(H,15,16). The summed E-state index contributed by atoms with van der Waals surface area (Å²) in [4.78, 5) is 33.3. The third kappa shape index (κ3) is 2.04. The summed E-state index contributed by atoms with van der Waals surface area (Å²) in [6, 6.07) is 2.12. The number of aliphatic hydroxyl groups is 1. The molecule has 1 amide bonds. The van der Waals surface area contributed by atoms with E-state index < -0.39 is 23.5 Å². The molecule has 4 rings (SSSR count). The first kappa shape index (κ1) is 14.3. The molecule has 1 unspecified atom stereocenters. The van der Waals surface area contributed by atoms with Gasteiger partial charge in [0.05, 0.1) is 30.1 Å². The number of imidazole rings is 1. The summed E-state index contributed by atoms with van der Waals surface area (Å²) >= 11 is 1.11. The number of aromatic amines is 1. The van der Waals surface area contributed by atoms with E-state index in [2.05, 4.69) is 20.2 Å². The summed E-state index contributed by atoms with van der Waals surface area (Å²) in [5.41, 5.74) is 1.81. The van der Waals surface area contributed by atoms with Gasteiger partial charge in [-0.1, -0.05) is 11.3 Å². The molecule has 0 saturated carbocycles. The second-order valence-electron chi connectivity index (χ2n) is 4.87. The van der Waals surface area contributed by atoms with Crippen LogP contribution in [0.2, 0.25) is 0 Å². The van der Waals surface area contributed by atoms with Crippen molar-refractivity contribution in [2.45, 2.75) is 6.04 Å². The predicted octanol–water partition coefficient (Wildman–Crippen LogP) is 1.64. The molecular weight excluding hydrogens is 334 g/mol. The molecule has 1 aliphatic rings. The first-order chi connectivity index (χ1) is 11.7. The van der Waals surface area contributed by atoms with Crippen LogP contribution in [0.25, 0.3) is 0 Å². The van der Waals surface area contributed by atoms with Crippen LogP contribution in [0.3, 0.4) is 0 Å². The second-order valence-corrected chi connectivity index (χ2v) is 5.69. The Morgan fingerprint density at radius 1 is 1.46 bits per heavy atom. The fraction of sp³-hybridized carbons (Fsp3) is 0.0714. The molecule has 24 heavy (non-hydrogen) atoms. The number of rotatable bonds is 4. The minimum absolute atomic E-state index is 0.0213. The molecule has 9 nitrogen and oxygen atoms in total. The Hall–Kier alpha value is -3.27. The minimum atomic E-state index is -0.898. The molecule has 120 valence electrons. The number of hydrogen-bond donors (Lipinski definition) is 2. The van der Waals surface area contributed by atoms with E-state index in [0.29, 0.717) is 5.69 Å². The highest BCUT2D eigenvalue weighted by Gasteiger charge is 2.47. The zero-order chi connectivity index (χ0) is 16.7. The van der Waals surface area contributed by atoms with Gasteiger partial charge in [0.25, 0.3) is 5.91 Å². The molecule has 2 N–H and O–H groups in total. The maximum Gasteiger partial charge on any atom is 0.296 e. The quantitative estimate of drug-likeness (QED) is 0.690. The van der Waals surface area contributed by atoms with Gasteiger partial charge in [0.2, 0.25) is 10.9 Å². The molecule has 0 spiro atoms. The number of carbonyl (C=O) groups is 2. The lowest BCUT2D eigenvalue weighted by atomic mass is 10.00. The number of ketones is 1. The Balaban J connectivity index is 1.87. The van der Waals surface area contributed by atoms with Gasteiger partial charge in [0.15, 0.2) is 11.5 Å². The molecule has 0 bridgehead atoms. The molecule has 0 radical (unpaired) electrons. The number of carbonyl (C=O) groups excluding carboxylic acids is 2. The van der Waals surface area contributed by atoms with E-state index in [-0.39, 0.29) is 16.5 Å². The van der Waals surface area contributed by atoms with Crippen LogP contribution in [0, 0.1) is 0 Å².